The lowest BCUT2D eigenvalue weighted by atomic mass is 10.0. The van der Waals surface area contributed by atoms with E-state index in [2.05, 4.69) is 205 Å². The Labute approximate surface area is 298 Å². The number of benzene rings is 7. The number of hydrogen-bond donors (Lipinski definition) is 0. The highest BCUT2D eigenvalue weighted by Gasteiger charge is 2.18. The Balaban J connectivity index is 1.15. The first-order valence-corrected chi connectivity index (χ1v) is 17.5. The van der Waals surface area contributed by atoms with E-state index in [0.29, 0.717) is 0 Å². The summed E-state index contributed by atoms with van der Waals surface area (Å²) >= 11 is 0. The van der Waals surface area contributed by atoms with Crippen molar-refractivity contribution in [3.05, 3.63) is 200 Å². The highest BCUT2D eigenvalue weighted by Crippen LogP contribution is 2.40. The van der Waals surface area contributed by atoms with Gasteiger partial charge in [-0.1, -0.05) is 158 Å². The van der Waals surface area contributed by atoms with Crippen LogP contribution in [0.1, 0.15) is 12.5 Å². The van der Waals surface area contributed by atoms with E-state index < -0.39 is 0 Å². The van der Waals surface area contributed by atoms with Gasteiger partial charge < -0.3 is 9.13 Å². The first-order valence-electron chi connectivity index (χ1n) is 17.5. The number of rotatable bonds is 7. The van der Waals surface area contributed by atoms with Crippen LogP contribution in [0.5, 0.6) is 0 Å². The average molecular weight is 653 g/mol. The Hall–Kier alpha value is -6.64. The summed E-state index contributed by atoms with van der Waals surface area (Å²) < 4.78 is 4.78. The van der Waals surface area contributed by atoms with E-state index in [9.17, 15) is 0 Å². The third-order valence-electron chi connectivity index (χ3n) is 10.1. The molecule has 51 heavy (non-hydrogen) atoms. The summed E-state index contributed by atoms with van der Waals surface area (Å²) in [6, 6.07) is 60.9. The molecule has 0 saturated carbocycles. The Kier molecular flexibility index (Phi) is 7.56. The molecule has 0 fully saturated rings. The summed E-state index contributed by atoms with van der Waals surface area (Å²) in [6.45, 7) is 6.46. The Morgan fingerprint density at radius 3 is 1.61 bits per heavy atom. The maximum Gasteiger partial charge on any atom is 0.0619 e. The third-order valence-corrected chi connectivity index (χ3v) is 10.1. The molecule has 2 aromatic heterocycles. The van der Waals surface area contributed by atoms with E-state index >= 15 is 0 Å². The summed E-state index contributed by atoms with van der Waals surface area (Å²) in [7, 11) is 0. The molecule has 2 heterocycles. The minimum absolute atomic E-state index is 1.03. The second-order valence-corrected chi connectivity index (χ2v) is 13.0. The molecular formula is C49H36N2. The van der Waals surface area contributed by atoms with Gasteiger partial charge in [-0.2, -0.15) is 0 Å². The van der Waals surface area contributed by atoms with Gasteiger partial charge in [-0.3, -0.25) is 0 Å². The predicted molar refractivity (Wildman–Crippen MR) is 219 cm³/mol. The first-order chi connectivity index (χ1) is 25.2. The molecule has 0 N–H and O–H groups in total. The van der Waals surface area contributed by atoms with Crippen LogP contribution >= 0.6 is 0 Å². The van der Waals surface area contributed by atoms with Crippen LogP contribution in [-0.2, 0) is 0 Å². The van der Waals surface area contributed by atoms with Crippen LogP contribution < -0.4 is 0 Å². The number of hydrogen-bond acceptors (Lipinski definition) is 0. The molecule has 0 unspecified atom stereocenters. The van der Waals surface area contributed by atoms with Crippen molar-refractivity contribution in [2.24, 2.45) is 0 Å². The monoisotopic (exact) mass is 652 g/mol. The standard InChI is InChI=1S/C49H36N2/c1-3-38(50-46-26-12-10-20-42(46)44-24-14-22-40(48(44)50)36-16-6-4-7-17-36)31-28-34(2)35-29-32-39(33-30-35)51-47-27-13-11-21-43(47)45-25-15-23-41(49(45)51)37-18-8-5-9-19-37/h3-33H,1H2,2H3/b34-28+,38-31+. The van der Waals surface area contributed by atoms with Gasteiger partial charge in [0.15, 0.2) is 0 Å². The molecule has 2 heteroatoms. The van der Waals surface area contributed by atoms with Crippen molar-refractivity contribution in [3.63, 3.8) is 0 Å². The lowest BCUT2D eigenvalue weighted by molar-refractivity contribution is 1.18. The molecule has 9 aromatic rings. The van der Waals surface area contributed by atoms with Gasteiger partial charge in [0, 0.05) is 44.1 Å². The van der Waals surface area contributed by atoms with Crippen molar-refractivity contribution in [2.75, 3.05) is 0 Å². The molecule has 7 aromatic carbocycles. The largest absolute Gasteiger partial charge is 0.309 e. The number of allylic oxidation sites excluding steroid dienone is 5. The molecule has 9 rings (SSSR count). The van der Waals surface area contributed by atoms with Gasteiger partial charge >= 0.3 is 0 Å². The van der Waals surface area contributed by atoms with E-state index in [1.54, 1.807) is 0 Å². The summed E-state index contributed by atoms with van der Waals surface area (Å²) in [5.41, 5.74) is 14.1. The highest BCUT2D eigenvalue weighted by molar-refractivity contribution is 6.15. The SMILES string of the molecule is C=C/C(=C\C=C(/C)c1ccc(-n2c3ccccc3c3cccc(-c4ccccc4)c32)cc1)n1c2ccccc2c2cccc(-c3ccccc3)c21. The van der Waals surface area contributed by atoms with Gasteiger partial charge in [0.2, 0.25) is 0 Å². The molecular weight excluding hydrogens is 617 g/mol. The van der Waals surface area contributed by atoms with E-state index in [1.807, 2.05) is 6.08 Å². The predicted octanol–water partition coefficient (Wildman–Crippen LogP) is 13.4. The van der Waals surface area contributed by atoms with Crippen LogP contribution in [0.4, 0.5) is 0 Å². The summed E-state index contributed by atoms with van der Waals surface area (Å²) in [5, 5.41) is 4.98. The number of aromatic nitrogens is 2. The number of nitrogens with zero attached hydrogens (tertiary/aromatic N) is 2. The van der Waals surface area contributed by atoms with Gasteiger partial charge in [-0.25, -0.2) is 0 Å². The maximum atomic E-state index is 4.28. The quantitative estimate of drug-likeness (QED) is 0.152. The molecule has 0 atom stereocenters. The number of fused-ring (bicyclic) bond motifs is 6. The maximum absolute atomic E-state index is 4.28. The highest BCUT2D eigenvalue weighted by atomic mass is 15.0. The lowest BCUT2D eigenvalue weighted by Crippen LogP contribution is -1.96. The van der Waals surface area contributed by atoms with Gasteiger partial charge in [-0.15, -0.1) is 0 Å². The van der Waals surface area contributed by atoms with Crippen LogP contribution in [-0.4, -0.2) is 9.13 Å². The average Bonchev–Trinajstić information content (AvgIpc) is 3.72. The number of para-hydroxylation sites is 4. The second kappa shape index (κ2) is 12.7. The fraction of sp³-hybridized carbons (Fsp3) is 0.0204. The van der Waals surface area contributed by atoms with Crippen molar-refractivity contribution < 1.29 is 0 Å². The van der Waals surface area contributed by atoms with Crippen LogP contribution in [0.15, 0.2) is 195 Å². The van der Waals surface area contributed by atoms with E-state index in [0.717, 1.165) is 11.4 Å². The Bertz CT molecular complexity index is 2790. The normalized spacial score (nSPS) is 12.3. The Morgan fingerprint density at radius 1 is 0.471 bits per heavy atom. The first kappa shape index (κ1) is 30.4. The van der Waals surface area contributed by atoms with Crippen LogP contribution in [0.2, 0.25) is 0 Å². The smallest absolute Gasteiger partial charge is 0.0619 e. The van der Waals surface area contributed by atoms with E-state index in [4.69, 9.17) is 0 Å². The molecule has 242 valence electrons. The summed E-state index contributed by atoms with van der Waals surface area (Å²) in [5.74, 6) is 0. The minimum atomic E-state index is 1.03. The summed E-state index contributed by atoms with van der Waals surface area (Å²) in [6.07, 6.45) is 6.38. The Morgan fingerprint density at radius 2 is 0.980 bits per heavy atom. The molecule has 0 bridgehead atoms. The molecule has 0 aliphatic heterocycles. The molecule has 0 amide bonds. The van der Waals surface area contributed by atoms with Crippen molar-refractivity contribution >= 4 is 54.9 Å². The molecule has 0 radical (unpaired) electrons. The van der Waals surface area contributed by atoms with Crippen molar-refractivity contribution in [3.8, 4) is 27.9 Å². The van der Waals surface area contributed by atoms with Crippen molar-refractivity contribution in [1.82, 2.24) is 9.13 Å². The molecule has 0 aliphatic carbocycles. The molecule has 0 saturated heterocycles. The zero-order valence-electron chi connectivity index (χ0n) is 28.5. The summed E-state index contributed by atoms with van der Waals surface area (Å²) in [4.78, 5) is 0. The van der Waals surface area contributed by atoms with Crippen LogP contribution in [0, 0.1) is 0 Å². The van der Waals surface area contributed by atoms with Crippen LogP contribution in [0.25, 0.3) is 82.8 Å². The van der Waals surface area contributed by atoms with Gasteiger partial charge in [0.1, 0.15) is 0 Å². The van der Waals surface area contributed by atoms with E-state index in [1.165, 1.54) is 77.0 Å². The molecule has 2 nitrogen and oxygen atoms in total. The van der Waals surface area contributed by atoms with Gasteiger partial charge in [-0.05, 0) is 65.6 Å². The minimum Gasteiger partial charge on any atom is -0.309 e. The molecule has 0 spiro atoms. The van der Waals surface area contributed by atoms with Gasteiger partial charge in [0.05, 0.1) is 22.1 Å². The molecule has 0 aliphatic rings. The van der Waals surface area contributed by atoms with Crippen LogP contribution in [0.3, 0.4) is 0 Å². The second-order valence-electron chi connectivity index (χ2n) is 13.0. The fourth-order valence-electron chi connectivity index (χ4n) is 7.69. The fourth-order valence-corrected chi connectivity index (χ4v) is 7.69. The van der Waals surface area contributed by atoms with Crippen molar-refractivity contribution in [1.29, 1.82) is 0 Å². The zero-order valence-corrected chi connectivity index (χ0v) is 28.5. The third kappa shape index (κ3) is 5.12. The zero-order chi connectivity index (χ0) is 34.3. The lowest BCUT2D eigenvalue weighted by Gasteiger charge is -2.13. The van der Waals surface area contributed by atoms with Crippen molar-refractivity contribution in [2.45, 2.75) is 6.92 Å². The van der Waals surface area contributed by atoms with E-state index in [-0.39, 0.29) is 0 Å². The van der Waals surface area contributed by atoms with Gasteiger partial charge in [0.25, 0.3) is 0 Å². The topological polar surface area (TPSA) is 9.86 Å².